The molecule has 4 aromatic heterocycles. The smallest absolute Gasteiger partial charge is 0.182 e. The van der Waals surface area contributed by atoms with Crippen LogP contribution in [0.15, 0.2) is 206 Å². The van der Waals surface area contributed by atoms with E-state index in [-0.39, 0.29) is 0 Å². The van der Waals surface area contributed by atoms with E-state index in [4.69, 9.17) is 20.1 Å². The molecule has 6 heteroatoms. The van der Waals surface area contributed by atoms with Crippen LogP contribution in [0.4, 0.5) is 0 Å². The fraction of sp³-hybridized carbons (Fsp3) is 0. The molecule has 0 aliphatic rings. The van der Waals surface area contributed by atoms with E-state index >= 15 is 0 Å². The number of hydrogen-bond acceptors (Lipinski definition) is 4. The second kappa shape index (κ2) is 14.0. The third-order valence-electron chi connectivity index (χ3n) is 10.8. The topological polar surface area (TPSA) is 60.4 Å². The SMILES string of the molecule is c1ccc(-c2cc(-c3ccccc3)c3nc(-c4ccc(-c5ccc(-c6c7ccccc7c7nc(-c8ccccc8)nc(-c8ccccc8)n67)cc5)cc4)nn3c2)cc1. The number of hydrogen-bond donors (Lipinski definition) is 0. The lowest BCUT2D eigenvalue weighted by molar-refractivity contribution is 0.968. The Bertz CT molecular complexity index is 3230. The Morgan fingerprint density at radius 2 is 0.793 bits per heavy atom. The van der Waals surface area contributed by atoms with Crippen LogP contribution in [-0.4, -0.2) is 29.0 Å². The lowest BCUT2D eigenvalue weighted by atomic mass is 10.0. The van der Waals surface area contributed by atoms with Crippen LogP contribution >= 0.6 is 0 Å². The Morgan fingerprint density at radius 3 is 1.43 bits per heavy atom. The van der Waals surface area contributed by atoms with E-state index in [1.807, 2.05) is 40.9 Å². The lowest BCUT2D eigenvalue weighted by Gasteiger charge is -2.12. The summed E-state index contributed by atoms with van der Waals surface area (Å²) in [5, 5.41) is 7.20. The Kier molecular flexibility index (Phi) is 8.04. The highest BCUT2D eigenvalue weighted by atomic mass is 15.3. The molecule has 11 aromatic rings. The van der Waals surface area contributed by atoms with Crippen LogP contribution in [0.25, 0.3) is 101 Å². The van der Waals surface area contributed by atoms with E-state index in [0.717, 1.165) is 89.2 Å². The van der Waals surface area contributed by atoms with Gasteiger partial charge in [-0.3, -0.25) is 4.40 Å². The van der Waals surface area contributed by atoms with Crippen molar-refractivity contribution in [3.8, 4) is 78.8 Å². The average molecular weight is 743 g/mol. The first-order valence-corrected chi connectivity index (χ1v) is 19.4. The van der Waals surface area contributed by atoms with Gasteiger partial charge in [0.25, 0.3) is 0 Å². The molecule has 0 aliphatic heterocycles. The van der Waals surface area contributed by atoms with E-state index in [2.05, 4.69) is 174 Å². The number of benzene rings is 7. The predicted molar refractivity (Wildman–Crippen MR) is 235 cm³/mol. The minimum atomic E-state index is 0.683. The van der Waals surface area contributed by atoms with Crippen LogP contribution < -0.4 is 0 Å². The summed E-state index contributed by atoms with van der Waals surface area (Å²) in [5.74, 6) is 2.24. The van der Waals surface area contributed by atoms with Gasteiger partial charge in [-0.2, -0.15) is 0 Å². The Morgan fingerprint density at radius 1 is 0.328 bits per heavy atom. The van der Waals surface area contributed by atoms with Crippen molar-refractivity contribution < 1.29 is 0 Å². The van der Waals surface area contributed by atoms with Crippen LogP contribution in [0.1, 0.15) is 0 Å². The van der Waals surface area contributed by atoms with Crippen LogP contribution in [0, 0.1) is 0 Å². The highest BCUT2D eigenvalue weighted by Gasteiger charge is 2.21. The second-order valence-electron chi connectivity index (χ2n) is 14.4. The molecule has 11 rings (SSSR count). The van der Waals surface area contributed by atoms with Crippen molar-refractivity contribution in [2.45, 2.75) is 0 Å². The Balaban J connectivity index is 0.973. The molecular weight excluding hydrogens is 709 g/mol. The number of fused-ring (bicyclic) bond motifs is 4. The van der Waals surface area contributed by atoms with Gasteiger partial charge in [-0.05, 0) is 33.9 Å². The number of aromatic nitrogens is 6. The Labute approximate surface area is 335 Å². The molecule has 7 aromatic carbocycles. The fourth-order valence-corrected chi connectivity index (χ4v) is 7.96. The fourth-order valence-electron chi connectivity index (χ4n) is 7.96. The third-order valence-corrected chi connectivity index (χ3v) is 10.8. The van der Waals surface area contributed by atoms with E-state index in [1.165, 1.54) is 0 Å². The molecule has 0 atom stereocenters. The molecule has 6 nitrogen and oxygen atoms in total. The zero-order valence-electron chi connectivity index (χ0n) is 31.3. The predicted octanol–water partition coefficient (Wildman–Crippen LogP) is 12.6. The van der Waals surface area contributed by atoms with E-state index in [1.54, 1.807) is 0 Å². The standard InChI is InChI=1S/C52H34N6/c1-5-15-35(16-6-1)43-33-46(38-17-7-2-8-18-38)51-55-49(56-57(51)34-43)41-31-27-37(28-32-41)36-25-29-39(30-26-36)47-44-23-13-14-24-45(44)52-54-48(40-19-9-3-10-20-40)53-50(58(47)52)42-21-11-4-12-22-42/h1-34H. The van der Waals surface area contributed by atoms with Gasteiger partial charge >= 0.3 is 0 Å². The minimum absolute atomic E-state index is 0.683. The third kappa shape index (κ3) is 5.83. The van der Waals surface area contributed by atoms with Crippen molar-refractivity contribution in [3.05, 3.63) is 206 Å². The highest BCUT2D eigenvalue weighted by Crippen LogP contribution is 2.39. The zero-order valence-corrected chi connectivity index (χ0v) is 31.3. The number of nitrogens with zero attached hydrogens (tertiary/aromatic N) is 6. The largest absolute Gasteiger partial charge is 0.277 e. The summed E-state index contributed by atoms with van der Waals surface area (Å²) >= 11 is 0. The summed E-state index contributed by atoms with van der Waals surface area (Å²) in [5.41, 5.74) is 13.4. The molecule has 0 spiro atoms. The maximum atomic E-state index is 5.21. The van der Waals surface area contributed by atoms with Gasteiger partial charge in [-0.1, -0.05) is 194 Å². The molecule has 4 heterocycles. The first-order valence-electron chi connectivity index (χ1n) is 19.4. The molecule has 272 valence electrons. The molecule has 0 fully saturated rings. The molecule has 0 N–H and O–H groups in total. The summed E-state index contributed by atoms with van der Waals surface area (Å²) in [6, 6.07) is 69.5. The molecule has 0 aliphatic carbocycles. The molecule has 0 radical (unpaired) electrons. The lowest BCUT2D eigenvalue weighted by Crippen LogP contribution is -2.03. The second-order valence-corrected chi connectivity index (χ2v) is 14.4. The van der Waals surface area contributed by atoms with E-state index in [9.17, 15) is 0 Å². The van der Waals surface area contributed by atoms with Crippen molar-refractivity contribution in [3.63, 3.8) is 0 Å². The summed E-state index contributed by atoms with van der Waals surface area (Å²) in [6.07, 6.45) is 2.07. The van der Waals surface area contributed by atoms with Gasteiger partial charge < -0.3 is 0 Å². The molecule has 0 amide bonds. The molecular formula is C52H34N6. The molecule has 0 saturated carbocycles. The van der Waals surface area contributed by atoms with E-state index < -0.39 is 0 Å². The van der Waals surface area contributed by atoms with Crippen LogP contribution in [0.3, 0.4) is 0 Å². The van der Waals surface area contributed by atoms with Gasteiger partial charge in [0.2, 0.25) is 0 Å². The van der Waals surface area contributed by atoms with Crippen LogP contribution in [-0.2, 0) is 0 Å². The highest BCUT2D eigenvalue weighted by molar-refractivity contribution is 6.06. The monoisotopic (exact) mass is 742 g/mol. The van der Waals surface area contributed by atoms with Gasteiger partial charge in [0, 0.05) is 44.8 Å². The van der Waals surface area contributed by atoms with Crippen molar-refractivity contribution in [1.29, 1.82) is 0 Å². The molecule has 58 heavy (non-hydrogen) atoms. The zero-order chi connectivity index (χ0) is 38.4. The number of pyridine rings is 1. The van der Waals surface area contributed by atoms with Crippen molar-refractivity contribution in [2.75, 3.05) is 0 Å². The maximum absolute atomic E-state index is 5.21. The quantitative estimate of drug-likeness (QED) is 0.163. The van der Waals surface area contributed by atoms with Crippen molar-refractivity contribution in [1.82, 2.24) is 29.0 Å². The van der Waals surface area contributed by atoms with Crippen LogP contribution in [0.5, 0.6) is 0 Å². The van der Waals surface area contributed by atoms with Crippen molar-refractivity contribution >= 4 is 22.1 Å². The van der Waals surface area contributed by atoms with Gasteiger partial charge in [0.1, 0.15) is 11.5 Å². The van der Waals surface area contributed by atoms with E-state index in [0.29, 0.717) is 11.6 Å². The van der Waals surface area contributed by atoms with Gasteiger partial charge in [0.05, 0.1) is 5.69 Å². The minimum Gasteiger partial charge on any atom is -0.277 e. The molecule has 0 unspecified atom stereocenters. The molecule has 0 saturated heterocycles. The van der Waals surface area contributed by atoms with Crippen molar-refractivity contribution in [2.24, 2.45) is 0 Å². The normalized spacial score (nSPS) is 11.4. The summed E-state index contributed by atoms with van der Waals surface area (Å²) in [6.45, 7) is 0. The number of rotatable bonds is 7. The average Bonchev–Trinajstić information content (AvgIpc) is 3.90. The summed E-state index contributed by atoms with van der Waals surface area (Å²) in [4.78, 5) is 15.5. The maximum Gasteiger partial charge on any atom is 0.182 e. The van der Waals surface area contributed by atoms with Crippen LogP contribution in [0.2, 0.25) is 0 Å². The first kappa shape index (κ1) is 33.4. The Hall–Kier alpha value is -7.96. The van der Waals surface area contributed by atoms with Gasteiger partial charge in [-0.25, -0.2) is 19.5 Å². The molecule has 0 bridgehead atoms. The van der Waals surface area contributed by atoms with Gasteiger partial charge in [0.15, 0.2) is 17.3 Å². The van der Waals surface area contributed by atoms with Gasteiger partial charge in [-0.15, -0.1) is 5.10 Å². The summed E-state index contributed by atoms with van der Waals surface area (Å²) in [7, 11) is 0. The summed E-state index contributed by atoms with van der Waals surface area (Å²) < 4.78 is 4.14. The first-order chi connectivity index (χ1) is 28.7.